The van der Waals surface area contributed by atoms with Gasteiger partial charge in [0.1, 0.15) is 11.9 Å². The van der Waals surface area contributed by atoms with Crippen molar-refractivity contribution in [2.24, 2.45) is 5.92 Å². The highest BCUT2D eigenvalue weighted by atomic mass is 32.2. The summed E-state index contributed by atoms with van der Waals surface area (Å²) in [5, 5.41) is 9.77. The molecule has 14 heavy (non-hydrogen) atoms. The summed E-state index contributed by atoms with van der Waals surface area (Å²) in [6.45, 7) is 5.14. The van der Waals surface area contributed by atoms with Crippen LogP contribution in [0.2, 0.25) is 0 Å². The lowest BCUT2D eigenvalue weighted by molar-refractivity contribution is 0.104. The smallest absolute Gasteiger partial charge is 0.121 e. The first-order valence-corrected chi connectivity index (χ1v) is 6.44. The summed E-state index contributed by atoms with van der Waals surface area (Å²) >= 11 is 1.79. The second-order valence-corrected chi connectivity index (χ2v) is 5.12. The van der Waals surface area contributed by atoms with Crippen LogP contribution in [0.15, 0.2) is 11.8 Å². The van der Waals surface area contributed by atoms with Crippen LogP contribution in [-0.2, 0) is 4.74 Å². The molecule has 0 aromatic heterocycles. The molecule has 1 heterocycles. The second kappa shape index (κ2) is 6.36. The largest absolute Gasteiger partial charge is 0.495 e. The number of thioether (sulfide) groups is 1. The summed E-state index contributed by atoms with van der Waals surface area (Å²) in [5.74, 6) is 3.33. The van der Waals surface area contributed by atoms with E-state index < -0.39 is 6.10 Å². The molecule has 0 spiro atoms. The van der Waals surface area contributed by atoms with E-state index in [1.807, 2.05) is 6.08 Å². The Morgan fingerprint density at radius 3 is 2.86 bits per heavy atom. The molecule has 1 aliphatic rings. The van der Waals surface area contributed by atoms with Crippen LogP contribution in [0.4, 0.5) is 0 Å². The molecule has 0 saturated heterocycles. The van der Waals surface area contributed by atoms with Gasteiger partial charge in [0, 0.05) is 5.75 Å². The first-order chi connectivity index (χ1) is 6.70. The third kappa shape index (κ3) is 4.38. The van der Waals surface area contributed by atoms with Gasteiger partial charge in [-0.3, -0.25) is 0 Å². The van der Waals surface area contributed by atoms with Gasteiger partial charge in [-0.1, -0.05) is 13.8 Å². The number of hydrogen-bond acceptors (Lipinski definition) is 3. The molecule has 0 fully saturated rings. The summed E-state index contributed by atoms with van der Waals surface area (Å²) in [6, 6.07) is 0. The van der Waals surface area contributed by atoms with Crippen molar-refractivity contribution in [2.45, 2.75) is 32.8 Å². The minimum atomic E-state index is -0.404. The Kier molecular flexibility index (Phi) is 5.41. The van der Waals surface area contributed by atoms with Crippen LogP contribution < -0.4 is 0 Å². The van der Waals surface area contributed by atoms with Gasteiger partial charge in [-0.15, -0.1) is 0 Å². The maximum atomic E-state index is 9.77. The molecule has 1 atom stereocenters. The molecule has 1 unspecified atom stereocenters. The van der Waals surface area contributed by atoms with Gasteiger partial charge < -0.3 is 9.84 Å². The zero-order valence-electron chi connectivity index (χ0n) is 9.03. The molecule has 0 aliphatic carbocycles. The van der Waals surface area contributed by atoms with Crippen LogP contribution in [0.3, 0.4) is 0 Å². The van der Waals surface area contributed by atoms with Gasteiger partial charge in [0.25, 0.3) is 0 Å². The van der Waals surface area contributed by atoms with Crippen LogP contribution in [-0.4, -0.2) is 29.3 Å². The summed E-state index contributed by atoms with van der Waals surface area (Å²) in [6.07, 6.45) is 3.74. The molecular weight excluding hydrogens is 196 g/mol. The van der Waals surface area contributed by atoms with E-state index in [2.05, 4.69) is 13.8 Å². The fraction of sp³-hybridized carbons (Fsp3) is 0.818. The number of aliphatic hydroxyl groups excluding tert-OH is 1. The van der Waals surface area contributed by atoms with E-state index in [4.69, 9.17) is 4.74 Å². The highest BCUT2D eigenvalue weighted by molar-refractivity contribution is 7.99. The number of ether oxygens (including phenoxy) is 1. The molecule has 3 heteroatoms. The fourth-order valence-corrected chi connectivity index (χ4v) is 2.30. The van der Waals surface area contributed by atoms with Crippen molar-refractivity contribution in [2.75, 3.05) is 18.1 Å². The monoisotopic (exact) mass is 216 g/mol. The Bertz CT molecular complexity index is 190. The Balaban J connectivity index is 2.20. The normalized spacial score (nSPS) is 19.0. The fourth-order valence-electron chi connectivity index (χ4n) is 1.31. The first-order valence-electron chi connectivity index (χ1n) is 5.29. The zero-order valence-corrected chi connectivity index (χ0v) is 9.85. The molecule has 1 N–H and O–H groups in total. The maximum absolute atomic E-state index is 9.77. The van der Waals surface area contributed by atoms with E-state index in [9.17, 15) is 5.11 Å². The van der Waals surface area contributed by atoms with E-state index >= 15 is 0 Å². The molecule has 0 saturated carbocycles. The van der Waals surface area contributed by atoms with E-state index in [0.29, 0.717) is 5.92 Å². The third-order valence-corrected chi connectivity index (χ3v) is 3.47. The topological polar surface area (TPSA) is 29.5 Å². The van der Waals surface area contributed by atoms with Crippen LogP contribution in [0.25, 0.3) is 0 Å². The maximum Gasteiger partial charge on any atom is 0.121 e. The van der Waals surface area contributed by atoms with E-state index in [-0.39, 0.29) is 0 Å². The molecule has 0 radical (unpaired) electrons. The number of aliphatic hydroxyl groups is 1. The van der Waals surface area contributed by atoms with Gasteiger partial charge >= 0.3 is 0 Å². The van der Waals surface area contributed by atoms with E-state index in [1.54, 1.807) is 11.8 Å². The number of allylic oxidation sites excluding steroid dienone is 1. The summed E-state index contributed by atoms with van der Waals surface area (Å²) in [4.78, 5) is 0. The second-order valence-electron chi connectivity index (χ2n) is 4.04. The lowest BCUT2D eigenvalue weighted by Gasteiger charge is -2.19. The van der Waals surface area contributed by atoms with Crippen molar-refractivity contribution in [3.8, 4) is 0 Å². The van der Waals surface area contributed by atoms with Crippen molar-refractivity contribution in [1.82, 2.24) is 0 Å². The van der Waals surface area contributed by atoms with Gasteiger partial charge in [-0.05, 0) is 30.6 Å². The molecular formula is C11H20O2S. The van der Waals surface area contributed by atoms with E-state index in [0.717, 1.165) is 36.7 Å². The number of rotatable bonds is 5. The van der Waals surface area contributed by atoms with Gasteiger partial charge in [0.05, 0.1) is 6.61 Å². The van der Waals surface area contributed by atoms with Crippen LogP contribution >= 0.6 is 11.8 Å². The van der Waals surface area contributed by atoms with Crippen molar-refractivity contribution >= 4 is 11.8 Å². The minimum absolute atomic E-state index is 0.404. The van der Waals surface area contributed by atoms with Crippen molar-refractivity contribution < 1.29 is 9.84 Å². The Labute approximate surface area is 90.7 Å². The predicted octanol–water partition coefficient (Wildman–Crippen LogP) is 2.43. The first kappa shape index (κ1) is 11.9. The quantitative estimate of drug-likeness (QED) is 0.765. The van der Waals surface area contributed by atoms with Gasteiger partial charge in [-0.25, -0.2) is 0 Å². The van der Waals surface area contributed by atoms with Crippen molar-refractivity contribution in [3.05, 3.63) is 11.8 Å². The van der Waals surface area contributed by atoms with Gasteiger partial charge in [0.15, 0.2) is 0 Å². The number of hydrogen-bond donors (Lipinski definition) is 1. The Morgan fingerprint density at radius 2 is 2.29 bits per heavy atom. The average molecular weight is 216 g/mol. The van der Waals surface area contributed by atoms with Crippen LogP contribution in [0, 0.1) is 5.92 Å². The highest BCUT2D eigenvalue weighted by Gasteiger charge is 2.14. The highest BCUT2D eigenvalue weighted by Crippen LogP contribution is 2.18. The SMILES string of the molecule is CC(C)CSCC(O)C1=CCCCO1. The summed E-state index contributed by atoms with van der Waals surface area (Å²) in [5.41, 5.74) is 0. The molecule has 82 valence electrons. The molecule has 1 aliphatic heterocycles. The lowest BCUT2D eigenvalue weighted by Crippen LogP contribution is -2.19. The molecule has 0 amide bonds. The minimum Gasteiger partial charge on any atom is -0.495 e. The van der Waals surface area contributed by atoms with E-state index in [1.165, 1.54) is 0 Å². The summed E-state index contributed by atoms with van der Waals surface area (Å²) in [7, 11) is 0. The Morgan fingerprint density at radius 1 is 1.50 bits per heavy atom. The molecule has 1 rings (SSSR count). The molecule has 0 aromatic carbocycles. The van der Waals surface area contributed by atoms with Gasteiger partial charge in [0.2, 0.25) is 0 Å². The van der Waals surface area contributed by atoms with Crippen molar-refractivity contribution in [1.29, 1.82) is 0 Å². The lowest BCUT2D eigenvalue weighted by atomic mass is 10.2. The van der Waals surface area contributed by atoms with Crippen LogP contribution in [0.1, 0.15) is 26.7 Å². The summed E-state index contributed by atoms with van der Waals surface area (Å²) < 4.78 is 5.40. The Hall–Kier alpha value is -0.150. The molecule has 2 nitrogen and oxygen atoms in total. The predicted molar refractivity (Wildman–Crippen MR) is 61.4 cm³/mol. The standard InChI is InChI=1S/C11H20O2S/c1-9(2)7-14-8-10(12)11-5-3-4-6-13-11/h5,9-10,12H,3-4,6-8H2,1-2H3. The zero-order chi connectivity index (χ0) is 10.4. The van der Waals surface area contributed by atoms with Crippen molar-refractivity contribution in [3.63, 3.8) is 0 Å². The average Bonchev–Trinajstić information content (AvgIpc) is 2.18. The van der Waals surface area contributed by atoms with Gasteiger partial charge in [-0.2, -0.15) is 11.8 Å². The molecule has 0 aromatic rings. The molecule has 0 bridgehead atoms. The third-order valence-electron chi connectivity index (χ3n) is 2.02. The van der Waals surface area contributed by atoms with Crippen LogP contribution in [0.5, 0.6) is 0 Å².